The number of aryl methyl sites for hydroxylation is 2. The highest BCUT2D eigenvalue weighted by molar-refractivity contribution is 5.81. The summed E-state index contributed by atoms with van der Waals surface area (Å²) in [6, 6.07) is 6.36. The van der Waals surface area contributed by atoms with Crippen LogP contribution in [0.2, 0.25) is 0 Å². The summed E-state index contributed by atoms with van der Waals surface area (Å²) in [5.41, 5.74) is 3.71. The first-order valence-electron chi connectivity index (χ1n) is 7.66. The fraction of sp³-hybridized carbons (Fsp3) is 0.588. The maximum Gasteiger partial charge on any atom is 0.237 e. The van der Waals surface area contributed by atoms with E-state index >= 15 is 0 Å². The highest BCUT2D eigenvalue weighted by Gasteiger charge is 2.22. The van der Waals surface area contributed by atoms with Crippen LogP contribution >= 0.6 is 0 Å². The molecule has 0 bridgehead atoms. The lowest BCUT2D eigenvalue weighted by Crippen LogP contribution is -2.46. The number of hydrogen-bond acceptors (Lipinski definition) is 2. The van der Waals surface area contributed by atoms with Gasteiger partial charge >= 0.3 is 0 Å². The summed E-state index contributed by atoms with van der Waals surface area (Å²) in [5.74, 6) is 0.145. The molecule has 0 radical (unpaired) electrons. The van der Waals surface area contributed by atoms with E-state index in [2.05, 4.69) is 42.3 Å². The molecule has 3 heteroatoms. The topological polar surface area (TPSA) is 32.3 Å². The molecule has 0 aromatic heterocycles. The van der Waals surface area contributed by atoms with Gasteiger partial charge in [-0.25, -0.2) is 0 Å². The van der Waals surface area contributed by atoms with Gasteiger partial charge in [-0.15, -0.1) is 0 Å². The Kier molecular flexibility index (Phi) is 5.18. The number of carbonyl (C=O) groups excluding carboxylic acids is 1. The zero-order valence-corrected chi connectivity index (χ0v) is 12.9. The van der Waals surface area contributed by atoms with Crippen molar-refractivity contribution in [3.63, 3.8) is 0 Å². The molecule has 20 heavy (non-hydrogen) atoms. The molecule has 1 saturated heterocycles. The van der Waals surface area contributed by atoms with Crippen molar-refractivity contribution in [3.8, 4) is 0 Å². The molecular formula is C17H26N2O. The Morgan fingerprint density at radius 1 is 1.25 bits per heavy atom. The van der Waals surface area contributed by atoms with Crippen LogP contribution in [0.25, 0.3) is 0 Å². The van der Waals surface area contributed by atoms with Gasteiger partial charge in [-0.05, 0) is 57.8 Å². The molecule has 0 spiro atoms. The Labute approximate surface area is 122 Å². The van der Waals surface area contributed by atoms with Gasteiger partial charge < -0.3 is 5.32 Å². The minimum atomic E-state index is -0.0129. The summed E-state index contributed by atoms with van der Waals surface area (Å²) in [6.07, 6.45) is 3.73. The second kappa shape index (κ2) is 6.89. The number of carbonyl (C=O) groups is 1. The van der Waals surface area contributed by atoms with E-state index in [1.165, 1.54) is 36.0 Å². The number of benzene rings is 1. The van der Waals surface area contributed by atoms with Crippen molar-refractivity contribution < 1.29 is 4.79 Å². The van der Waals surface area contributed by atoms with Crippen molar-refractivity contribution in [1.82, 2.24) is 10.2 Å². The molecule has 1 aliphatic rings. The Bertz CT molecular complexity index is 464. The monoisotopic (exact) mass is 274 g/mol. The third-order valence-corrected chi connectivity index (χ3v) is 4.27. The molecule has 1 fully saturated rings. The Morgan fingerprint density at radius 3 is 2.60 bits per heavy atom. The van der Waals surface area contributed by atoms with Crippen LogP contribution in [0.3, 0.4) is 0 Å². The van der Waals surface area contributed by atoms with E-state index in [-0.39, 0.29) is 11.9 Å². The van der Waals surface area contributed by atoms with Crippen LogP contribution < -0.4 is 5.32 Å². The van der Waals surface area contributed by atoms with Crippen molar-refractivity contribution in [2.75, 3.05) is 13.1 Å². The maximum absolute atomic E-state index is 12.2. The quantitative estimate of drug-likeness (QED) is 0.915. The number of nitrogens with zero attached hydrogens (tertiary/aromatic N) is 1. The van der Waals surface area contributed by atoms with Crippen molar-refractivity contribution in [2.45, 2.75) is 52.6 Å². The molecule has 1 aromatic rings. The average Bonchev–Trinajstić information content (AvgIpc) is 2.46. The number of nitrogens with one attached hydrogen (secondary N) is 1. The molecule has 1 amide bonds. The van der Waals surface area contributed by atoms with Gasteiger partial charge in [0.05, 0.1) is 6.04 Å². The van der Waals surface area contributed by atoms with Crippen LogP contribution in [0.5, 0.6) is 0 Å². The number of piperidine rings is 1. The van der Waals surface area contributed by atoms with E-state index in [9.17, 15) is 4.79 Å². The van der Waals surface area contributed by atoms with Gasteiger partial charge in [0.2, 0.25) is 5.91 Å². The normalized spacial score (nSPS) is 17.8. The van der Waals surface area contributed by atoms with E-state index in [4.69, 9.17) is 0 Å². The van der Waals surface area contributed by atoms with E-state index in [1.807, 2.05) is 6.92 Å². The predicted octanol–water partition coefficient (Wildman–Crippen LogP) is 2.79. The van der Waals surface area contributed by atoms with Gasteiger partial charge in [-0.3, -0.25) is 9.69 Å². The average molecular weight is 274 g/mol. The van der Waals surface area contributed by atoms with Gasteiger partial charge in [-0.1, -0.05) is 30.2 Å². The van der Waals surface area contributed by atoms with Crippen LogP contribution in [0.1, 0.15) is 42.9 Å². The molecular weight excluding hydrogens is 248 g/mol. The minimum absolute atomic E-state index is 0.0129. The lowest BCUT2D eigenvalue weighted by Gasteiger charge is -2.31. The fourth-order valence-electron chi connectivity index (χ4n) is 2.85. The van der Waals surface area contributed by atoms with E-state index in [1.54, 1.807) is 0 Å². The Morgan fingerprint density at radius 2 is 1.95 bits per heavy atom. The summed E-state index contributed by atoms with van der Waals surface area (Å²) in [5, 5.41) is 3.08. The zero-order chi connectivity index (χ0) is 14.5. The lowest BCUT2D eigenvalue weighted by atomic mass is 10.1. The maximum atomic E-state index is 12.2. The third-order valence-electron chi connectivity index (χ3n) is 4.27. The van der Waals surface area contributed by atoms with Gasteiger partial charge in [-0.2, -0.15) is 0 Å². The molecule has 110 valence electrons. The Hall–Kier alpha value is -1.35. The molecule has 1 aromatic carbocycles. The number of likely N-dealkylation sites (tertiary alicyclic amines) is 1. The lowest BCUT2D eigenvalue weighted by molar-refractivity contribution is -0.126. The summed E-state index contributed by atoms with van der Waals surface area (Å²) in [4.78, 5) is 14.5. The molecule has 0 saturated carbocycles. The van der Waals surface area contributed by atoms with Crippen molar-refractivity contribution in [3.05, 3.63) is 34.9 Å². The molecule has 1 unspecified atom stereocenters. The molecule has 0 aliphatic carbocycles. The number of amides is 1. The summed E-state index contributed by atoms with van der Waals surface area (Å²) in [7, 11) is 0. The van der Waals surface area contributed by atoms with Crippen molar-refractivity contribution in [1.29, 1.82) is 0 Å². The van der Waals surface area contributed by atoms with Crippen molar-refractivity contribution >= 4 is 5.91 Å². The predicted molar refractivity (Wildman–Crippen MR) is 82.6 cm³/mol. The van der Waals surface area contributed by atoms with E-state index in [0.29, 0.717) is 6.54 Å². The van der Waals surface area contributed by atoms with Crippen LogP contribution in [0.4, 0.5) is 0 Å². The van der Waals surface area contributed by atoms with Crippen LogP contribution in [-0.2, 0) is 11.3 Å². The standard InChI is InChI=1S/C17H26N2O/c1-13-7-8-16(14(2)11-13)12-18-17(20)15(3)19-9-5-4-6-10-19/h7-8,11,15H,4-6,9-10,12H2,1-3H3,(H,18,20). The Balaban J connectivity index is 1.87. The highest BCUT2D eigenvalue weighted by atomic mass is 16.2. The molecule has 1 heterocycles. The summed E-state index contributed by atoms with van der Waals surface area (Å²) >= 11 is 0. The SMILES string of the molecule is Cc1ccc(CNC(=O)C(C)N2CCCCC2)c(C)c1. The minimum Gasteiger partial charge on any atom is -0.351 e. The van der Waals surface area contributed by atoms with Gasteiger partial charge in [0.1, 0.15) is 0 Å². The first kappa shape index (κ1) is 15.0. The number of hydrogen-bond donors (Lipinski definition) is 1. The first-order valence-corrected chi connectivity index (χ1v) is 7.66. The van der Waals surface area contributed by atoms with Crippen LogP contribution in [-0.4, -0.2) is 29.9 Å². The zero-order valence-electron chi connectivity index (χ0n) is 12.9. The smallest absolute Gasteiger partial charge is 0.237 e. The van der Waals surface area contributed by atoms with Gasteiger partial charge in [0.15, 0.2) is 0 Å². The van der Waals surface area contributed by atoms with Gasteiger partial charge in [0.25, 0.3) is 0 Å². The fourth-order valence-corrected chi connectivity index (χ4v) is 2.85. The second-order valence-corrected chi connectivity index (χ2v) is 5.92. The second-order valence-electron chi connectivity index (χ2n) is 5.92. The molecule has 1 N–H and O–H groups in total. The number of rotatable bonds is 4. The third kappa shape index (κ3) is 3.83. The molecule has 3 nitrogen and oxygen atoms in total. The van der Waals surface area contributed by atoms with Crippen molar-refractivity contribution in [2.24, 2.45) is 0 Å². The van der Waals surface area contributed by atoms with Crippen LogP contribution in [0.15, 0.2) is 18.2 Å². The molecule has 1 aliphatic heterocycles. The van der Waals surface area contributed by atoms with E-state index < -0.39 is 0 Å². The summed E-state index contributed by atoms with van der Waals surface area (Å²) < 4.78 is 0. The summed E-state index contributed by atoms with van der Waals surface area (Å²) in [6.45, 7) is 8.94. The van der Waals surface area contributed by atoms with Gasteiger partial charge in [0, 0.05) is 6.54 Å². The molecule has 1 atom stereocenters. The largest absolute Gasteiger partial charge is 0.351 e. The highest BCUT2D eigenvalue weighted by Crippen LogP contribution is 2.13. The first-order chi connectivity index (χ1) is 9.58. The molecule has 2 rings (SSSR count). The van der Waals surface area contributed by atoms with E-state index in [0.717, 1.165) is 13.1 Å². The van der Waals surface area contributed by atoms with Crippen LogP contribution in [0, 0.1) is 13.8 Å².